The summed E-state index contributed by atoms with van der Waals surface area (Å²) in [6, 6.07) is 3.86. The fourth-order valence-electron chi connectivity index (χ4n) is 1.00. The van der Waals surface area contributed by atoms with E-state index < -0.39 is 16.6 Å². The van der Waals surface area contributed by atoms with Crippen molar-refractivity contribution in [3.05, 3.63) is 24.0 Å². The van der Waals surface area contributed by atoms with Crippen LogP contribution in [-0.2, 0) is 15.6 Å². The normalized spacial score (nSPS) is 12.1. The number of benzene rings is 1. The highest BCUT2D eigenvalue weighted by molar-refractivity contribution is 7.85. The molecule has 0 bridgehead atoms. The van der Waals surface area contributed by atoms with Gasteiger partial charge in [-0.2, -0.15) is 0 Å². The number of hydrogen-bond donors (Lipinski definition) is 2. The molecular weight excluding hydrogens is 219 g/mol. The molecule has 0 aliphatic rings. The minimum Gasteiger partial charge on any atom is -0.396 e. The second-order valence-electron chi connectivity index (χ2n) is 3.00. The maximum atomic E-state index is 12.8. The van der Waals surface area contributed by atoms with Crippen molar-refractivity contribution >= 4 is 28.1 Å². The molecule has 1 atom stereocenters. The van der Waals surface area contributed by atoms with Crippen LogP contribution in [0.5, 0.6) is 0 Å². The molecular formula is C9H11FN2O2S. The lowest BCUT2D eigenvalue weighted by Crippen LogP contribution is -2.18. The summed E-state index contributed by atoms with van der Waals surface area (Å²) in [5.74, 6) is -1.01. The molecule has 0 aromatic heterocycles. The summed E-state index contributed by atoms with van der Waals surface area (Å²) < 4.78 is 23.5. The zero-order valence-electron chi connectivity index (χ0n) is 8.12. The molecule has 0 heterocycles. The zero-order valence-corrected chi connectivity index (χ0v) is 8.94. The Bertz CT molecular complexity index is 409. The van der Waals surface area contributed by atoms with Crippen LogP contribution in [0.4, 0.5) is 15.8 Å². The number of amides is 1. The maximum absolute atomic E-state index is 12.8. The summed E-state index contributed by atoms with van der Waals surface area (Å²) in [6.07, 6.45) is 1.43. The molecule has 82 valence electrons. The van der Waals surface area contributed by atoms with E-state index in [9.17, 15) is 13.4 Å². The first-order valence-electron chi connectivity index (χ1n) is 4.14. The van der Waals surface area contributed by atoms with Gasteiger partial charge in [-0.25, -0.2) is 4.39 Å². The van der Waals surface area contributed by atoms with Crippen LogP contribution in [0.15, 0.2) is 18.2 Å². The van der Waals surface area contributed by atoms with Crippen molar-refractivity contribution in [2.45, 2.75) is 0 Å². The topological polar surface area (TPSA) is 72.2 Å². The van der Waals surface area contributed by atoms with Gasteiger partial charge in [-0.15, -0.1) is 0 Å². The third kappa shape index (κ3) is 3.67. The van der Waals surface area contributed by atoms with Gasteiger partial charge >= 0.3 is 0 Å². The van der Waals surface area contributed by atoms with Gasteiger partial charge in [-0.05, 0) is 18.2 Å². The molecule has 0 fully saturated rings. The highest BCUT2D eigenvalue weighted by Crippen LogP contribution is 2.15. The molecule has 1 aromatic rings. The SMILES string of the molecule is CS(=O)CC(=O)Nc1ccc(F)c(N)c1. The van der Waals surface area contributed by atoms with E-state index in [0.29, 0.717) is 5.69 Å². The lowest BCUT2D eigenvalue weighted by molar-refractivity contribution is -0.113. The Morgan fingerprint density at radius 2 is 2.27 bits per heavy atom. The Balaban J connectivity index is 2.69. The van der Waals surface area contributed by atoms with Gasteiger partial charge in [-0.1, -0.05) is 0 Å². The minimum absolute atomic E-state index is 0.0366. The van der Waals surface area contributed by atoms with Gasteiger partial charge in [0, 0.05) is 22.7 Å². The molecule has 1 unspecified atom stereocenters. The fraction of sp³-hybridized carbons (Fsp3) is 0.222. The number of nitrogens with two attached hydrogens (primary N) is 1. The second-order valence-corrected chi connectivity index (χ2v) is 4.44. The standard InChI is InChI=1S/C9H11FN2O2S/c1-15(14)5-9(13)12-6-2-3-7(10)8(11)4-6/h2-4H,5,11H2,1H3,(H,12,13). The first-order valence-corrected chi connectivity index (χ1v) is 5.86. The summed E-state index contributed by atoms with van der Waals surface area (Å²) in [4.78, 5) is 11.2. The summed E-state index contributed by atoms with van der Waals surface area (Å²) in [5, 5.41) is 2.46. The van der Waals surface area contributed by atoms with Crippen molar-refractivity contribution in [2.75, 3.05) is 23.1 Å². The van der Waals surface area contributed by atoms with E-state index in [2.05, 4.69) is 5.32 Å². The zero-order chi connectivity index (χ0) is 11.4. The fourth-order valence-corrected chi connectivity index (χ4v) is 1.44. The first kappa shape index (κ1) is 11.6. The predicted octanol–water partition coefficient (Wildman–Crippen LogP) is 0.725. The summed E-state index contributed by atoms with van der Waals surface area (Å²) in [6.45, 7) is 0. The monoisotopic (exact) mass is 230 g/mol. The first-order chi connectivity index (χ1) is 6.99. The van der Waals surface area contributed by atoms with Crippen LogP contribution in [0, 0.1) is 5.82 Å². The third-order valence-corrected chi connectivity index (χ3v) is 2.28. The van der Waals surface area contributed by atoms with Crippen molar-refractivity contribution in [1.82, 2.24) is 0 Å². The molecule has 0 radical (unpaired) electrons. The quantitative estimate of drug-likeness (QED) is 0.752. The second kappa shape index (κ2) is 4.88. The molecule has 0 aliphatic carbocycles. The van der Waals surface area contributed by atoms with Gasteiger partial charge < -0.3 is 11.1 Å². The molecule has 1 rings (SSSR count). The molecule has 0 aliphatic heterocycles. The molecule has 0 saturated carbocycles. The van der Waals surface area contributed by atoms with Gasteiger partial charge in [0.1, 0.15) is 11.6 Å². The molecule has 1 aromatic carbocycles. The predicted molar refractivity (Wildman–Crippen MR) is 58.4 cm³/mol. The highest BCUT2D eigenvalue weighted by Gasteiger charge is 2.05. The van der Waals surface area contributed by atoms with Crippen LogP contribution in [0.25, 0.3) is 0 Å². The third-order valence-electron chi connectivity index (χ3n) is 1.61. The average molecular weight is 230 g/mol. The lowest BCUT2D eigenvalue weighted by Gasteiger charge is -2.05. The largest absolute Gasteiger partial charge is 0.396 e. The lowest BCUT2D eigenvalue weighted by atomic mass is 10.2. The molecule has 1 amide bonds. The van der Waals surface area contributed by atoms with Gasteiger partial charge in [-0.3, -0.25) is 9.00 Å². The average Bonchev–Trinajstić information content (AvgIpc) is 2.10. The van der Waals surface area contributed by atoms with Crippen LogP contribution in [0.1, 0.15) is 0 Å². The van der Waals surface area contributed by atoms with E-state index in [4.69, 9.17) is 5.73 Å². The summed E-state index contributed by atoms with van der Waals surface area (Å²) in [5.41, 5.74) is 5.67. The Hall–Kier alpha value is -1.43. The van der Waals surface area contributed by atoms with E-state index in [1.54, 1.807) is 0 Å². The number of hydrogen-bond acceptors (Lipinski definition) is 3. The molecule has 4 nitrogen and oxygen atoms in total. The number of carbonyl (C=O) groups is 1. The number of rotatable bonds is 3. The van der Waals surface area contributed by atoms with E-state index >= 15 is 0 Å². The summed E-state index contributed by atoms with van der Waals surface area (Å²) in [7, 11) is -1.20. The van der Waals surface area contributed by atoms with Gasteiger partial charge in [0.15, 0.2) is 0 Å². The number of anilines is 2. The van der Waals surface area contributed by atoms with Gasteiger partial charge in [0.2, 0.25) is 5.91 Å². The Morgan fingerprint density at radius 1 is 1.60 bits per heavy atom. The van der Waals surface area contributed by atoms with Crippen molar-refractivity contribution < 1.29 is 13.4 Å². The van der Waals surface area contributed by atoms with Crippen LogP contribution < -0.4 is 11.1 Å². The number of nitrogens with one attached hydrogen (secondary N) is 1. The maximum Gasteiger partial charge on any atom is 0.236 e. The van der Waals surface area contributed by atoms with Crippen molar-refractivity contribution in [3.63, 3.8) is 0 Å². The van der Waals surface area contributed by atoms with E-state index in [1.807, 2.05) is 0 Å². The Morgan fingerprint density at radius 3 is 2.80 bits per heavy atom. The van der Waals surface area contributed by atoms with Crippen LogP contribution >= 0.6 is 0 Å². The molecule has 6 heteroatoms. The smallest absolute Gasteiger partial charge is 0.236 e. The highest BCUT2D eigenvalue weighted by atomic mass is 32.2. The number of halogens is 1. The molecule has 0 saturated heterocycles. The van der Waals surface area contributed by atoms with E-state index in [-0.39, 0.29) is 17.3 Å². The van der Waals surface area contributed by atoms with Crippen molar-refractivity contribution in [3.8, 4) is 0 Å². The Labute approximate surface area is 89.1 Å². The number of carbonyl (C=O) groups excluding carboxylic acids is 1. The van der Waals surface area contributed by atoms with E-state index in [0.717, 1.165) is 6.07 Å². The van der Waals surface area contributed by atoms with Crippen LogP contribution in [-0.4, -0.2) is 22.1 Å². The molecule has 0 spiro atoms. The molecule has 3 N–H and O–H groups in total. The number of nitrogen functional groups attached to an aromatic ring is 1. The minimum atomic E-state index is -1.20. The van der Waals surface area contributed by atoms with Crippen LogP contribution in [0.2, 0.25) is 0 Å². The Kier molecular flexibility index (Phi) is 3.79. The van der Waals surface area contributed by atoms with Gasteiger partial charge in [0.05, 0.1) is 5.69 Å². The van der Waals surface area contributed by atoms with Gasteiger partial charge in [0.25, 0.3) is 0 Å². The van der Waals surface area contributed by atoms with Crippen molar-refractivity contribution in [1.29, 1.82) is 0 Å². The summed E-state index contributed by atoms with van der Waals surface area (Å²) >= 11 is 0. The van der Waals surface area contributed by atoms with E-state index in [1.165, 1.54) is 18.4 Å². The van der Waals surface area contributed by atoms with Crippen LogP contribution in [0.3, 0.4) is 0 Å². The van der Waals surface area contributed by atoms with Crippen molar-refractivity contribution in [2.24, 2.45) is 0 Å². The molecule has 15 heavy (non-hydrogen) atoms.